The van der Waals surface area contributed by atoms with E-state index in [0.29, 0.717) is 18.8 Å². The SMILES string of the molecule is COCCNCc1ccc(-n2ccnc2)cc1C(F)(F)F. The van der Waals surface area contributed by atoms with Crippen molar-refractivity contribution >= 4 is 0 Å². The fourth-order valence-electron chi connectivity index (χ4n) is 1.95. The number of hydrogen-bond acceptors (Lipinski definition) is 3. The molecule has 1 aromatic heterocycles. The summed E-state index contributed by atoms with van der Waals surface area (Å²) in [5.41, 5.74) is 0.00144. The van der Waals surface area contributed by atoms with Crippen LogP contribution in [-0.4, -0.2) is 29.8 Å². The molecule has 0 atom stereocenters. The van der Waals surface area contributed by atoms with Gasteiger partial charge in [0.05, 0.1) is 18.5 Å². The van der Waals surface area contributed by atoms with Gasteiger partial charge in [-0.25, -0.2) is 4.98 Å². The first-order valence-corrected chi connectivity index (χ1v) is 6.40. The van der Waals surface area contributed by atoms with Crippen LogP contribution in [0, 0.1) is 0 Å². The lowest BCUT2D eigenvalue weighted by Gasteiger charge is -2.15. The predicted octanol–water partition coefficient (Wildman–Crippen LogP) is 2.63. The largest absolute Gasteiger partial charge is 0.416 e. The average molecular weight is 299 g/mol. The fourth-order valence-corrected chi connectivity index (χ4v) is 1.95. The van der Waals surface area contributed by atoms with Crippen LogP contribution in [0.25, 0.3) is 5.69 Å². The number of methoxy groups -OCH3 is 1. The number of imidazole rings is 1. The molecule has 0 saturated heterocycles. The van der Waals surface area contributed by atoms with Crippen LogP contribution in [0.4, 0.5) is 13.2 Å². The number of aromatic nitrogens is 2. The van der Waals surface area contributed by atoms with Crippen molar-refractivity contribution in [3.63, 3.8) is 0 Å². The molecular formula is C14H16F3N3O. The molecular weight excluding hydrogens is 283 g/mol. The van der Waals surface area contributed by atoms with Gasteiger partial charge in [-0.05, 0) is 17.7 Å². The minimum absolute atomic E-state index is 0.141. The summed E-state index contributed by atoms with van der Waals surface area (Å²) in [4.78, 5) is 3.84. The zero-order chi connectivity index (χ0) is 15.3. The van der Waals surface area contributed by atoms with E-state index in [9.17, 15) is 13.2 Å². The third-order valence-electron chi connectivity index (χ3n) is 3.00. The number of halogens is 3. The Morgan fingerprint density at radius 1 is 1.33 bits per heavy atom. The molecule has 0 fully saturated rings. The second-order valence-electron chi connectivity index (χ2n) is 4.48. The zero-order valence-electron chi connectivity index (χ0n) is 11.5. The Bertz CT molecular complexity index is 567. The Morgan fingerprint density at radius 3 is 2.76 bits per heavy atom. The molecule has 21 heavy (non-hydrogen) atoms. The van der Waals surface area contributed by atoms with Crippen LogP contribution in [-0.2, 0) is 17.5 Å². The van der Waals surface area contributed by atoms with E-state index < -0.39 is 11.7 Å². The van der Waals surface area contributed by atoms with Gasteiger partial charge in [0.15, 0.2) is 0 Å². The third kappa shape index (κ3) is 4.05. The highest BCUT2D eigenvalue weighted by Gasteiger charge is 2.33. The molecule has 0 unspecified atom stereocenters. The van der Waals surface area contributed by atoms with Crippen molar-refractivity contribution in [2.75, 3.05) is 20.3 Å². The Morgan fingerprint density at radius 2 is 2.14 bits per heavy atom. The van der Waals surface area contributed by atoms with E-state index in [0.717, 1.165) is 6.07 Å². The van der Waals surface area contributed by atoms with Gasteiger partial charge in [0.25, 0.3) is 0 Å². The van der Waals surface area contributed by atoms with Gasteiger partial charge >= 0.3 is 6.18 Å². The first kappa shape index (κ1) is 15.5. The summed E-state index contributed by atoms with van der Waals surface area (Å²) in [6.07, 6.45) is 0.195. The smallest absolute Gasteiger partial charge is 0.383 e. The maximum absolute atomic E-state index is 13.2. The van der Waals surface area contributed by atoms with Gasteiger partial charge in [-0.3, -0.25) is 0 Å². The van der Waals surface area contributed by atoms with E-state index in [4.69, 9.17) is 4.74 Å². The molecule has 0 radical (unpaired) electrons. The highest BCUT2D eigenvalue weighted by Crippen LogP contribution is 2.33. The number of ether oxygens (including phenoxy) is 1. The van der Waals surface area contributed by atoms with Gasteiger partial charge in [-0.1, -0.05) is 6.07 Å². The van der Waals surface area contributed by atoms with Crippen LogP contribution < -0.4 is 5.32 Å². The Hall–Kier alpha value is -1.86. The number of hydrogen-bond donors (Lipinski definition) is 1. The topological polar surface area (TPSA) is 39.1 Å². The monoisotopic (exact) mass is 299 g/mol. The lowest BCUT2D eigenvalue weighted by molar-refractivity contribution is -0.138. The van der Waals surface area contributed by atoms with Crippen molar-refractivity contribution in [2.45, 2.75) is 12.7 Å². The maximum atomic E-state index is 13.2. The Kier molecular flexibility index (Phi) is 4.98. The molecule has 1 N–H and O–H groups in total. The molecule has 0 amide bonds. The highest BCUT2D eigenvalue weighted by molar-refractivity contribution is 5.42. The second-order valence-corrected chi connectivity index (χ2v) is 4.48. The standard InChI is InChI=1S/C14H16F3N3O/c1-21-7-5-18-9-11-2-3-12(20-6-4-19-10-20)8-13(11)14(15,16)17/h2-4,6,8,10,18H,5,7,9H2,1H3. The van der Waals surface area contributed by atoms with Gasteiger partial charge in [0, 0.05) is 38.3 Å². The lowest BCUT2D eigenvalue weighted by atomic mass is 10.1. The number of alkyl halides is 3. The summed E-state index contributed by atoms with van der Waals surface area (Å²) in [5, 5.41) is 2.93. The van der Waals surface area contributed by atoms with E-state index in [1.54, 1.807) is 19.4 Å². The van der Waals surface area contributed by atoms with Gasteiger partial charge in [-0.15, -0.1) is 0 Å². The number of rotatable bonds is 6. The first-order valence-electron chi connectivity index (χ1n) is 6.40. The maximum Gasteiger partial charge on any atom is 0.416 e. The summed E-state index contributed by atoms with van der Waals surface area (Å²) < 4.78 is 45.9. The molecule has 0 aliphatic rings. The molecule has 0 spiro atoms. The molecule has 1 aromatic carbocycles. The minimum Gasteiger partial charge on any atom is -0.383 e. The fraction of sp³-hybridized carbons (Fsp3) is 0.357. The lowest BCUT2D eigenvalue weighted by Crippen LogP contribution is -2.21. The molecule has 114 valence electrons. The zero-order valence-corrected chi connectivity index (χ0v) is 11.5. The molecule has 7 heteroatoms. The van der Waals surface area contributed by atoms with E-state index in [1.807, 2.05) is 0 Å². The highest BCUT2D eigenvalue weighted by atomic mass is 19.4. The van der Waals surface area contributed by atoms with Crippen molar-refractivity contribution in [2.24, 2.45) is 0 Å². The summed E-state index contributed by atoms with van der Waals surface area (Å²) in [6.45, 7) is 1.09. The summed E-state index contributed by atoms with van der Waals surface area (Å²) in [7, 11) is 1.54. The Balaban J connectivity index is 2.24. The summed E-state index contributed by atoms with van der Waals surface area (Å²) in [5.74, 6) is 0. The van der Waals surface area contributed by atoms with Crippen LogP contribution in [0.3, 0.4) is 0 Å². The Labute approximate surface area is 120 Å². The van der Waals surface area contributed by atoms with Crippen LogP contribution in [0.2, 0.25) is 0 Å². The van der Waals surface area contributed by atoms with Crippen molar-refractivity contribution in [3.8, 4) is 5.69 Å². The van der Waals surface area contributed by atoms with Crippen molar-refractivity contribution < 1.29 is 17.9 Å². The van der Waals surface area contributed by atoms with Crippen LogP contribution in [0.5, 0.6) is 0 Å². The van der Waals surface area contributed by atoms with Gasteiger partial charge in [-0.2, -0.15) is 13.2 Å². The van der Waals surface area contributed by atoms with E-state index in [1.165, 1.54) is 23.2 Å². The van der Waals surface area contributed by atoms with Crippen LogP contribution >= 0.6 is 0 Å². The third-order valence-corrected chi connectivity index (χ3v) is 3.00. The van der Waals surface area contributed by atoms with Crippen LogP contribution in [0.15, 0.2) is 36.9 Å². The summed E-state index contributed by atoms with van der Waals surface area (Å²) >= 11 is 0. The predicted molar refractivity (Wildman–Crippen MR) is 72.1 cm³/mol. The summed E-state index contributed by atoms with van der Waals surface area (Å²) in [6, 6.07) is 4.26. The number of nitrogens with zero attached hydrogens (tertiary/aromatic N) is 2. The van der Waals surface area contributed by atoms with Gasteiger partial charge in [0.2, 0.25) is 0 Å². The first-order chi connectivity index (χ1) is 10.0. The van der Waals surface area contributed by atoms with Gasteiger partial charge in [0.1, 0.15) is 0 Å². The molecule has 4 nitrogen and oxygen atoms in total. The molecule has 0 saturated carbocycles. The second kappa shape index (κ2) is 6.73. The van der Waals surface area contributed by atoms with E-state index in [2.05, 4.69) is 10.3 Å². The molecule has 2 aromatic rings. The van der Waals surface area contributed by atoms with Crippen molar-refractivity contribution in [3.05, 3.63) is 48.0 Å². The van der Waals surface area contributed by atoms with E-state index in [-0.39, 0.29) is 12.1 Å². The van der Waals surface area contributed by atoms with Crippen LogP contribution in [0.1, 0.15) is 11.1 Å². The average Bonchev–Trinajstić information content (AvgIpc) is 2.97. The van der Waals surface area contributed by atoms with Gasteiger partial charge < -0.3 is 14.6 Å². The number of benzene rings is 1. The quantitative estimate of drug-likeness (QED) is 0.833. The molecule has 0 aliphatic heterocycles. The molecule has 0 bridgehead atoms. The number of nitrogens with one attached hydrogen (secondary N) is 1. The molecule has 2 rings (SSSR count). The van der Waals surface area contributed by atoms with Crippen molar-refractivity contribution in [1.82, 2.24) is 14.9 Å². The van der Waals surface area contributed by atoms with Crippen molar-refractivity contribution in [1.29, 1.82) is 0 Å². The molecule has 0 aliphatic carbocycles. The minimum atomic E-state index is -4.39. The molecule has 1 heterocycles. The van der Waals surface area contributed by atoms with E-state index >= 15 is 0 Å². The normalized spacial score (nSPS) is 11.8.